The number of anilines is 1. The Kier molecular flexibility index (Phi) is 3.60. The molecule has 5 nitrogen and oxygen atoms in total. The van der Waals surface area contributed by atoms with Gasteiger partial charge in [-0.3, -0.25) is 10.1 Å². The zero-order valence-electron chi connectivity index (χ0n) is 11.7. The number of nitrogens with one attached hydrogen (secondary N) is 1. The third-order valence-corrected chi connectivity index (χ3v) is 3.78. The van der Waals surface area contributed by atoms with Gasteiger partial charge in [0.25, 0.3) is 11.6 Å². The molecule has 3 amide bonds. The molecular formula is C16H13ClN2O3. The van der Waals surface area contributed by atoms with Crippen LogP contribution >= 0.6 is 11.6 Å². The van der Waals surface area contributed by atoms with Crippen molar-refractivity contribution in [2.45, 2.75) is 5.72 Å². The van der Waals surface area contributed by atoms with E-state index in [9.17, 15) is 9.59 Å². The molecule has 0 aromatic heterocycles. The summed E-state index contributed by atoms with van der Waals surface area (Å²) in [6.45, 7) is 0. The van der Waals surface area contributed by atoms with Crippen molar-refractivity contribution in [2.24, 2.45) is 0 Å². The summed E-state index contributed by atoms with van der Waals surface area (Å²) in [7, 11) is 1.38. The van der Waals surface area contributed by atoms with Crippen molar-refractivity contribution in [1.29, 1.82) is 0 Å². The van der Waals surface area contributed by atoms with E-state index in [4.69, 9.17) is 16.3 Å². The summed E-state index contributed by atoms with van der Waals surface area (Å²) in [6, 6.07) is 14.8. The monoisotopic (exact) mass is 316 g/mol. The van der Waals surface area contributed by atoms with Crippen molar-refractivity contribution in [3.8, 4) is 0 Å². The molecule has 112 valence electrons. The zero-order chi connectivity index (χ0) is 15.7. The Balaban J connectivity index is 2.07. The van der Waals surface area contributed by atoms with Crippen molar-refractivity contribution in [2.75, 3.05) is 12.0 Å². The second-order valence-corrected chi connectivity index (χ2v) is 5.24. The van der Waals surface area contributed by atoms with E-state index in [1.165, 1.54) is 7.11 Å². The number of hydrogen-bond acceptors (Lipinski definition) is 3. The topological polar surface area (TPSA) is 58.6 Å². The maximum Gasteiger partial charge on any atom is 0.331 e. The number of rotatable bonds is 3. The lowest BCUT2D eigenvalue weighted by Crippen LogP contribution is -2.45. The molecule has 0 saturated carbocycles. The summed E-state index contributed by atoms with van der Waals surface area (Å²) in [5, 5.41) is 3.06. The number of hydrogen-bond donors (Lipinski definition) is 1. The second kappa shape index (κ2) is 5.44. The second-order valence-electron chi connectivity index (χ2n) is 4.80. The SMILES string of the molecule is COC1(c2ccccc2)NC(=O)N(c2cccc(Cl)c2)C1=O. The van der Waals surface area contributed by atoms with Gasteiger partial charge in [-0.1, -0.05) is 48.0 Å². The molecule has 22 heavy (non-hydrogen) atoms. The Morgan fingerprint density at radius 3 is 2.45 bits per heavy atom. The molecule has 6 heteroatoms. The van der Waals surface area contributed by atoms with Crippen molar-refractivity contribution < 1.29 is 14.3 Å². The third-order valence-electron chi connectivity index (χ3n) is 3.54. The van der Waals surface area contributed by atoms with Crippen molar-refractivity contribution in [3.63, 3.8) is 0 Å². The molecule has 0 bridgehead atoms. The van der Waals surface area contributed by atoms with Crippen molar-refractivity contribution in [1.82, 2.24) is 5.32 Å². The van der Waals surface area contributed by atoms with Crippen LogP contribution in [-0.4, -0.2) is 19.0 Å². The smallest absolute Gasteiger partial charge is 0.331 e. The molecule has 3 rings (SSSR count). The summed E-state index contributed by atoms with van der Waals surface area (Å²) >= 11 is 5.94. The Morgan fingerprint density at radius 2 is 1.82 bits per heavy atom. The van der Waals surface area contributed by atoms with E-state index < -0.39 is 17.7 Å². The number of methoxy groups -OCH3 is 1. The first kappa shape index (κ1) is 14.6. The van der Waals surface area contributed by atoms with E-state index in [1.807, 2.05) is 6.07 Å². The van der Waals surface area contributed by atoms with Crippen molar-refractivity contribution in [3.05, 3.63) is 65.2 Å². The normalized spacial score (nSPS) is 21.1. The predicted molar refractivity (Wildman–Crippen MR) is 82.6 cm³/mol. The lowest BCUT2D eigenvalue weighted by Gasteiger charge is -2.25. The van der Waals surface area contributed by atoms with E-state index in [0.29, 0.717) is 16.3 Å². The van der Waals surface area contributed by atoms with Gasteiger partial charge in [-0.15, -0.1) is 0 Å². The van der Waals surface area contributed by atoms with Gasteiger partial charge in [-0.2, -0.15) is 0 Å². The standard InChI is InChI=1S/C16H13ClN2O3/c1-22-16(11-6-3-2-4-7-11)14(20)19(15(21)18-16)13-9-5-8-12(17)10-13/h2-10H,1H3,(H,18,21). The van der Waals surface area contributed by atoms with Crippen LogP contribution in [0.1, 0.15) is 5.56 Å². The van der Waals surface area contributed by atoms with Crippen molar-refractivity contribution >= 4 is 29.2 Å². The Hall–Kier alpha value is -2.37. The molecule has 1 aliphatic heterocycles. The number of carbonyl (C=O) groups excluding carboxylic acids is 2. The fourth-order valence-electron chi connectivity index (χ4n) is 2.48. The number of amides is 3. The van der Waals surface area contributed by atoms with Gasteiger partial charge >= 0.3 is 6.03 Å². The molecule has 2 aromatic carbocycles. The molecule has 1 saturated heterocycles. The quantitative estimate of drug-likeness (QED) is 0.886. The van der Waals surface area contributed by atoms with Gasteiger partial charge in [0.1, 0.15) is 0 Å². The highest BCUT2D eigenvalue weighted by molar-refractivity contribution is 6.31. The van der Waals surface area contributed by atoms with Crippen LogP contribution in [0.25, 0.3) is 0 Å². The van der Waals surface area contributed by atoms with Crippen LogP contribution in [0, 0.1) is 0 Å². The fourth-order valence-corrected chi connectivity index (χ4v) is 2.67. The molecular weight excluding hydrogens is 304 g/mol. The number of benzene rings is 2. The van der Waals surface area contributed by atoms with Crippen LogP contribution in [0.2, 0.25) is 5.02 Å². The Bertz CT molecular complexity index is 735. The molecule has 1 heterocycles. The molecule has 0 radical (unpaired) electrons. The van der Waals surface area contributed by atoms with Gasteiger partial charge < -0.3 is 4.74 Å². The van der Waals surface area contributed by atoms with E-state index in [1.54, 1.807) is 48.5 Å². The summed E-state index contributed by atoms with van der Waals surface area (Å²) in [6.07, 6.45) is 0. The van der Waals surface area contributed by atoms with Crippen LogP contribution in [-0.2, 0) is 15.3 Å². The molecule has 1 N–H and O–H groups in total. The highest BCUT2D eigenvalue weighted by Crippen LogP contribution is 2.33. The first-order chi connectivity index (χ1) is 10.6. The molecule has 0 spiro atoms. The molecule has 1 atom stereocenters. The van der Waals surface area contributed by atoms with Crippen LogP contribution in [0.3, 0.4) is 0 Å². The van der Waals surface area contributed by atoms with Gasteiger partial charge in [0.15, 0.2) is 0 Å². The molecule has 1 aliphatic rings. The van der Waals surface area contributed by atoms with Crippen LogP contribution in [0.5, 0.6) is 0 Å². The van der Waals surface area contributed by atoms with Gasteiger partial charge in [0, 0.05) is 17.7 Å². The van der Waals surface area contributed by atoms with Crippen LogP contribution in [0.4, 0.5) is 10.5 Å². The highest BCUT2D eigenvalue weighted by atomic mass is 35.5. The summed E-state index contributed by atoms with van der Waals surface area (Å²) in [4.78, 5) is 26.2. The van der Waals surface area contributed by atoms with Gasteiger partial charge in [0.2, 0.25) is 0 Å². The number of ether oxygens (including phenoxy) is 1. The van der Waals surface area contributed by atoms with E-state index >= 15 is 0 Å². The number of carbonyl (C=O) groups is 2. The average molecular weight is 317 g/mol. The maximum absolute atomic E-state index is 12.9. The lowest BCUT2D eigenvalue weighted by molar-refractivity contribution is -0.140. The van der Waals surface area contributed by atoms with E-state index in [2.05, 4.69) is 5.32 Å². The first-order valence-electron chi connectivity index (χ1n) is 6.61. The van der Waals surface area contributed by atoms with E-state index in [0.717, 1.165) is 4.90 Å². The van der Waals surface area contributed by atoms with Gasteiger partial charge in [-0.25, -0.2) is 9.69 Å². The van der Waals surface area contributed by atoms with E-state index in [-0.39, 0.29) is 0 Å². The minimum atomic E-state index is -1.53. The number of imide groups is 1. The zero-order valence-corrected chi connectivity index (χ0v) is 12.5. The third kappa shape index (κ3) is 2.15. The summed E-state index contributed by atoms with van der Waals surface area (Å²) in [5.74, 6) is -0.506. The van der Waals surface area contributed by atoms with Crippen LogP contribution in [0.15, 0.2) is 54.6 Å². The number of nitrogens with zero attached hydrogens (tertiary/aromatic N) is 1. The molecule has 1 fully saturated rings. The number of halogens is 1. The minimum absolute atomic E-state index is 0.393. The maximum atomic E-state index is 12.9. The highest BCUT2D eigenvalue weighted by Gasteiger charge is 2.53. The Morgan fingerprint density at radius 1 is 1.09 bits per heavy atom. The largest absolute Gasteiger partial charge is 0.347 e. The predicted octanol–water partition coefficient (Wildman–Crippen LogP) is 2.90. The molecule has 0 aliphatic carbocycles. The molecule has 1 unspecified atom stereocenters. The lowest BCUT2D eigenvalue weighted by atomic mass is 10.0. The van der Waals surface area contributed by atoms with Gasteiger partial charge in [-0.05, 0) is 18.2 Å². The summed E-state index contributed by atoms with van der Waals surface area (Å²) in [5.41, 5.74) is -0.578. The number of urea groups is 1. The first-order valence-corrected chi connectivity index (χ1v) is 6.99. The minimum Gasteiger partial charge on any atom is -0.347 e. The fraction of sp³-hybridized carbons (Fsp3) is 0.125. The van der Waals surface area contributed by atoms with Crippen LogP contribution < -0.4 is 10.2 Å². The molecule has 2 aromatic rings. The average Bonchev–Trinajstić information content (AvgIpc) is 2.79. The Labute approximate surface area is 132 Å². The van der Waals surface area contributed by atoms with Gasteiger partial charge in [0.05, 0.1) is 5.69 Å². The summed E-state index contributed by atoms with van der Waals surface area (Å²) < 4.78 is 5.39.